The lowest BCUT2D eigenvalue weighted by Crippen LogP contribution is -2.46. The molecule has 1 aliphatic heterocycles. The topological polar surface area (TPSA) is 20.3 Å². The Kier molecular flexibility index (Phi) is 4.70. The molecule has 2 unspecified atom stereocenters. The maximum absolute atomic E-state index is 12.8. The molecule has 1 heterocycles. The lowest BCUT2D eigenvalue weighted by Gasteiger charge is -2.38. The summed E-state index contributed by atoms with van der Waals surface area (Å²) in [5.74, 6) is -0.0401. The highest BCUT2D eigenvalue weighted by Gasteiger charge is 2.26. The molecule has 0 spiro atoms. The largest absolute Gasteiger partial charge is 0.298 e. The molecule has 0 aliphatic carbocycles. The summed E-state index contributed by atoms with van der Waals surface area (Å²) in [7, 11) is 0. The molecule has 3 heteroatoms. The Morgan fingerprint density at radius 1 is 1.21 bits per heavy atom. The molecule has 1 fully saturated rings. The van der Waals surface area contributed by atoms with E-state index in [9.17, 15) is 9.18 Å². The van der Waals surface area contributed by atoms with Crippen LogP contribution in [0.1, 0.15) is 38.7 Å². The Labute approximate surface area is 114 Å². The normalized spacial score (nSPS) is 24.4. The summed E-state index contributed by atoms with van der Waals surface area (Å²) in [6, 6.07) is 7.18. The van der Waals surface area contributed by atoms with Crippen molar-refractivity contribution < 1.29 is 9.18 Å². The van der Waals surface area contributed by atoms with Crippen molar-refractivity contribution in [1.82, 2.24) is 4.90 Å². The van der Waals surface area contributed by atoms with E-state index in [1.165, 1.54) is 31.4 Å². The smallest absolute Gasteiger partial charge is 0.151 e. The van der Waals surface area contributed by atoms with Crippen LogP contribution in [0.5, 0.6) is 0 Å². The van der Waals surface area contributed by atoms with E-state index in [-0.39, 0.29) is 11.6 Å². The van der Waals surface area contributed by atoms with Crippen LogP contribution in [0.25, 0.3) is 0 Å². The summed E-state index contributed by atoms with van der Waals surface area (Å²) < 4.78 is 12.8. The fraction of sp³-hybridized carbons (Fsp3) is 0.562. The number of Topliss-reactive ketones (excluding diaryl/α,β-unsaturated/α-hetero) is 1. The minimum absolute atomic E-state index is 0.215. The molecular weight excluding hydrogens is 241 g/mol. The fourth-order valence-electron chi connectivity index (χ4n) is 2.88. The van der Waals surface area contributed by atoms with Gasteiger partial charge in [-0.3, -0.25) is 9.69 Å². The number of benzene rings is 1. The average Bonchev–Trinajstić information content (AvgIpc) is 2.37. The Morgan fingerprint density at radius 3 is 2.37 bits per heavy atom. The van der Waals surface area contributed by atoms with Crippen LogP contribution in [0.2, 0.25) is 0 Å². The number of hydrogen-bond acceptors (Lipinski definition) is 2. The van der Waals surface area contributed by atoms with Crippen molar-refractivity contribution >= 4 is 5.78 Å². The molecule has 0 aromatic heterocycles. The van der Waals surface area contributed by atoms with Gasteiger partial charge >= 0.3 is 0 Å². The van der Waals surface area contributed by atoms with Gasteiger partial charge in [0.25, 0.3) is 0 Å². The van der Waals surface area contributed by atoms with E-state index >= 15 is 0 Å². The molecule has 104 valence electrons. The first-order valence-corrected chi connectivity index (χ1v) is 7.08. The van der Waals surface area contributed by atoms with Crippen LogP contribution >= 0.6 is 0 Å². The number of likely N-dealkylation sites (tertiary alicyclic amines) is 1. The summed E-state index contributed by atoms with van der Waals surface area (Å²) in [5, 5.41) is 0. The van der Waals surface area contributed by atoms with E-state index in [1.807, 2.05) is 0 Å². The molecule has 0 saturated carbocycles. The van der Waals surface area contributed by atoms with E-state index in [4.69, 9.17) is 0 Å². The van der Waals surface area contributed by atoms with Gasteiger partial charge < -0.3 is 0 Å². The van der Waals surface area contributed by atoms with E-state index in [0.29, 0.717) is 25.0 Å². The average molecular weight is 263 g/mol. The minimum Gasteiger partial charge on any atom is -0.298 e. The first kappa shape index (κ1) is 14.2. The first-order valence-electron chi connectivity index (χ1n) is 7.08. The van der Waals surface area contributed by atoms with Gasteiger partial charge in [0, 0.05) is 18.5 Å². The molecule has 1 aromatic carbocycles. The summed E-state index contributed by atoms with van der Waals surface area (Å²) in [6.07, 6.45) is 4.00. The molecule has 2 rings (SSSR count). The lowest BCUT2D eigenvalue weighted by molar-refractivity contribution is -0.121. The van der Waals surface area contributed by atoms with Crippen molar-refractivity contribution in [3.8, 4) is 0 Å². The van der Waals surface area contributed by atoms with Gasteiger partial charge in [0.15, 0.2) is 5.78 Å². The van der Waals surface area contributed by atoms with Crippen molar-refractivity contribution in [2.75, 3.05) is 6.54 Å². The molecular formula is C16H22FNO. The summed E-state index contributed by atoms with van der Waals surface area (Å²) in [5.41, 5.74) is 0.892. The quantitative estimate of drug-likeness (QED) is 0.831. The van der Waals surface area contributed by atoms with Crippen LogP contribution in [-0.4, -0.2) is 29.3 Å². The minimum atomic E-state index is -0.255. The highest BCUT2D eigenvalue weighted by molar-refractivity contribution is 5.82. The van der Waals surface area contributed by atoms with Gasteiger partial charge in [0.05, 0.1) is 6.54 Å². The summed E-state index contributed by atoms with van der Waals surface area (Å²) >= 11 is 0. The number of nitrogens with zero attached hydrogens (tertiary/aromatic N) is 1. The predicted octanol–water partition coefficient (Wildman–Crippen LogP) is 3.20. The van der Waals surface area contributed by atoms with E-state index < -0.39 is 0 Å². The Balaban J connectivity index is 1.91. The molecule has 1 saturated heterocycles. The number of halogens is 1. The number of piperidine rings is 1. The second kappa shape index (κ2) is 6.29. The second-order valence-electron chi connectivity index (χ2n) is 5.64. The van der Waals surface area contributed by atoms with Crippen LogP contribution in [-0.2, 0) is 11.2 Å². The molecule has 0 N–H and O–H groups in total. The van der Waals surface area contributed by atoms with Gasteiger partial charge in [-0.15, -0.1) is 0 Å². The summed E-state index contributed by atoms with van der Waals surface area (Å²) in [6.45, 7) is 4.90. The maximum atomic E-state index is 12.8. The molecule has 0 radical (unpaired) electrons. The molecule has 0 amide bonds. The molecule has 0 bridgehead atoms. The lowest BCUT2D eigenvalue weighted by atomic mass is 9.96. The van der Waals surface area contributed by atoms with E-state index in [1.54, 1.807) is 12.1 Å². The highest BCUT2D eigenvalue weighted by Crippen LogP contribution is 2.22. The van der Waals surface area contributed by atoms with Crippen molar-refractivity contribution in [3.05, 3.63) is 35.6 Å². The van der Waals surface area contributed by atoms with Gasteiger partial charge in [-0.1, -0.05) is 18.6 Å². The van der Waals surface area contributed by atoms with Gasteiger partial charge in [-0.25, -0.2) is 4.39 Å². The Hall–Kier alpha value is -1.22. The zero-order chi connectivity index (χ0) is 13.8. The molecule has 2 nitrogen and oxygen atoms in total. The number of ketones is 1. The third kappa shape index (κ3) is 3.87. The predicted molar refractivity (Wildman–Crippen MR) is 74.6 cm³/mol. The Morgan fingerprint density at radius 2 is 1.79 bits per heavy atom. The maximum Gasteiger partial charge on any atom is 0.151 e. The standard InChI is InChI=1S/C16H22FNO/c1-12-4-3-5-13(2)18(12)11-16(19)10-14-6-8-15(17)9-7-14/h6-9,12-13H,3-5,10-11H2,1-2H3. The number of hydrogen-bond donors (Lipinski definition) is 0. The third-order valence-electron chi connectivity index (χ3n) is 4.05. The van der Waals surface area contributed by atoms with Gasteiger partial charge in [0.2, 0.25) is 0 Å². The van der Waals surface area contributed by atoms with Gasteiger partial charge in [-0.05, 0) is 44.4 Å². The number of rotatable bonds is 4. The monoisotopic (exact) mass is 263 g/mol. The van der Waals surface area contributed by atoms with E-state index in [0.717, 1.165) is 5.56 Å². The van der Waals surface area contributed by atoms with Gasteiger partial charge in [-0.2, -0.15) is 0 Å². The molecule has 1 aromatic rings. The zero-order valence-electron chi connectivity index (χ0n) is 11.7. The Bertz CT molecular complexity index is 419. The van der Waals surface area contributed by atoms with Crippen LogP contribution in [0.15, 0.2) is 24.3 Å². The second-order valence-corrected chi connectivity index (χ2v) is 5.64. The number of carbonyl (C=O) groups is 1. The van der Waals surface area contributed by atoms with Crippen molar-refractivity contribution in [3.63, 3.8) is 0 Å². The van der Waals surface area contributed by atoms with Crippen molar-refractivity contribution in [2.24, 2.45) is 0 Å². The van der Waals surface area contributed by atoms with Crippen LogP contribution in [0.3, 0.4) is 0 Å². The third-order valence-corrected chi connectivity index (χ3v) is 4.05. The molecule has 19 heavy (non-hydrogen) atoms. The van der Waals surface area contributed by atoms with Crippen LogP contribution in [0.4, 0.5) is 4.39 Å². The molecule has 2 atom stereocenters. The van der Waals surface area contributed by atoms with Crippen LogP contribution < -0.4 is 0 Å². The molecule has 1 aliphatic rings. The summed E-state index contributed by atoms with van der Waals surface area (Å²) in [4.78, 5) is 14.4. The van der Waals surface area contributed by atoms with Crippen LogP contribution in [0, 0.1) is 5.82 Å². The first-order chi connectivity index (χ1) is 9.06. The highest BCUT2D eigenvalue weighted by atomic mass is 19.1. The van der Waals surface area contributed by atoms with E-state index in [2.05, 4.69) is 18.7 Å². The number of carbonyl (C=O) groups excluding carboxylic acids is 1. The van der Waals surface area contributed by atoms with Crippen molar-refractivity contribution in [1.29, 1.82) is 0 Å². The fourth-order valence-corrected chi connectivity index (χ4v) is 2.88. The van der Waals surface area contributed by atoms with Gasteiger partial charge in [0.1, 0.15) is 5.82 Å². The van der Waals surface area contributed by atoms with Crippen molar-refractivity contribution in [2.45, 2.75) is 51.6 Å². The zero-order valence-corrected chi connectivity index (χ0v) is 11.7. The SMILES string of the molecule is CC1CCCC(C)N1CC(=O)Cc1ccc(F)cc1.